The topological polar surface area (TPSA) is 63.4 Å². The van der Waals surface area contributed by atoms with Crippen LogP contribution in [0.2, 0.25) is 0 Å². The van der Waals surface area contributed by atoms with E-state index in [0.29, 0.717) is 12.0 Å². The third-order valence-corrected chi connectivity index (χ3v) is 6.45. The van der Waals surface area contributed by atoms with Gasteiger partial charge in [0.25, 0.3) is 0 Å². The second kappa shape index (κ2) is 3.93. The normalized spacial score (nSPS) is 42.4. The molecule has 4 nitrogen and oxygen atoms in total. The minimum Gasteiger partial charge on any atom is -0.301 e. The van der Waals surface area contributed by atoms with Crippen molar-refractivity contribution >= 4 is 10.0 Å². The molecule has 3 aliphatic rings. The molecule has 2 aliphatic carbocycles. The molecule has 2 N–H and O–H groups in total. The van der Waals surface area contributed by atoms with E-state index < -0.39 is 10.0 Å². The quantitative estimate of drug-likeness (QED) is 0.819. The highest BCUT2D eigenvalue weighted by Gasteiger charge is 2.46. The van der Waals surface area contributed by atoms with Gasteiger partial charge >= 0.3 is 0 Å². The second-order valence-electron chi connectivity index (χ2n) is 6.38. The van der Waals surface area contributed by atoms with E-state index in [1.165, 1.54) is 32.1 Å². The van der Waals surface area contributed by atoms with E-state index in [0.717, 1.165) is 25.4 Å². The number of primary sulfonamides is 1. The van der Waals surface area contributed by atoms with Gasteiger partial charge in [-0.25, -0.2) is 13.6 Å². The van der Waals surface area contributed by atoms with Crippen LogP contribution in [0.4, 0.5) is 0 Å². The van der Waals surface area contributed by atoms with Crippen molar-refractivity contribution in [2.24, 2.45) is 16.5 Å². The lowest BCUT2D eigenvalue weighted by molar-refractivity contribution is 0.179. The van der Waals surface area contributed by atoms with Crippen LogP contribution in [0.1, 0.15) is 38.5 Å². The maximum absolute atomic E-state index is 11.3. The van der Waals surface area contributed by atoms with E-state index in [2.05, 4.69) is 4.90 Å². The Hall–Kier alpha value is -0.130. The molecular formula is C12H22N2O2S. The van der Waals surface area contributed by atoms with Crippen molar-refractivity contribution < 1.29 is 8.42 Å². The Morgan fingerprint density at radius 3 is 2.41 bits per heavy atom. The summed E-state index contributed by atoms with van der Waals surface area (Å²) in [6.45, 7) is 2.67. The van der Waals surface area contributed by atoms with Crippen LogP contribution in [0.15, 0.2) is 0 Å². The lowest BCUT2D eigenvalue weighted by atomic mass is 9.84. The number of sulfonamides is 1. The van der Waals surface area contributed by atoms with Crippen molar-refractivity contribution in [3.8, 4) is 0 Å². The molecule has 1 unspecified atom stereocenters. The summed E-state index contributed by atoms with van der Waals surface area (Å²) in [7, 11) is -3.33. The summed E-state index contributed by atoms with van der Waals surface area (Å²) >= 11 is 0. The first kappa shape index (κ1) is 11.9. The maximum Gasteiger partial charge on any atom is 0.213 e. The summed E-state index contributed by atoms with van der Waals surface area (Å²) in [4.78, 5) is 2.34. The molecule has 1 aliphatic heterocycles. The largest absolute Gasteiger partial charge is 0.301 e. The molecule has 3 fully saturated rings. The van der Waals surface area contributed by atoms with E-state index in [-0.39, 0.29) is 5.25 Å². The number of likely N-dealkylation sites (tertiary alicyclic amines) is 1. The molecule has 2 bridgehead atoms. The Labute approximate surface area is 104 Å². The van der Waals surface area contributed by atoms with E-state index >= 15 is 0 Å². The maximum atomic E-state index is 11.3. The highest BCUT2D eigenvalue weighted by molar-refractivity contribution is 7.89. The third-order valence-electron chi connectivity index (χ3n) is 5.14. The lowest BCUT2D eigenvalue weighted by Crippen LogP contribution is -2.36. The van der Waals surface area contributed by atoms with Crippen LogP contribution in [0.3, 0.4) is 0 Å². The van der Waals surface area contributed by atoms with Crippen LogP contribution in [0.25, 0.3) is 0 Å². The fourth-order valence-electron chi connectivity index (χ4n) is 4.22. The van der Waals surface area contributed by atoms with Crippen LogP contribution in [-0.4, -0.2) is 38.2 Å². The van der Waals surface area contributed by atoms with Crippen LogP contribution in [-0.2, 0) is 10.0 Å². The molecule has 1 atom stereocenters. The van der Waals surface area contributed by atoms with Gasteiger partial charge in [-0.3, -0.25) is 0 Å². The van der Waals surface area contributed by atoms with Crippen molar-refractivity contribution in [1.82, 2.24) is 4.90 Å². The summed E-state index contributed by atoms with van der Waals surface area (Å²) in [5, 5.41) is 4.91. The Kier molecular flexibility index (Phi) is 2.76. The average Bonchev–Trinajstić information content (AvgIpc) is 2.90. The fourth-order valence-corrected chi connectivity index (χ4v) is 5.07. The number of fused-ring (bicyclic) bond motifs is 2. The van der Waals surface area contributed by atoms with Gasteiger partial charge in [0.15, 0.2) is 0 Å². The zero-order chi connectivity index (χ0) is 12.1. The molecule has 0 amide bonds. The summed E-state index contributed by atoms with van der Waals surface area (Å²) < 4.78 is 22.6. The smallest absolute Gasteiger partial charge is 0.213 e. The standard InChI is InChI=1S/C12H22N2O2S/c13-17(15,16)11-3-6-14(8-11)9-12-4-1-10(7-12)2-5-12/h10-11H,1-9H2,(H2,13,15,16). The SMILES string of the molecule is NS(=O)(=O)C1CCN(CC23CCC(CC2)C3)C1. The molecule has 0 radical (unpaired) electrons. The monoisotopic (exact) mass is 258 g/mol. The Morgan fingerprint density at radius 1 is 1.24 bits per heavy atom. The molecule has 1 heterocycles. The second-order valence-corrected chi connectivity index (χ2v) is 8.23. The molecule has 2 saturated carbocycles. The van der Waals surface area contributed by atoms with E-state index in [9.17, 15) is 8.42 Å². The summed E-state index contributed by atoms with van der Waals surface area (Å²) in [5.41, 5.74) is 0.526. The van der Waals surface area contributed by atoms with E-state index in [1.807, 2.05) is 0 Å². The van der Waals surface area contributed by atoms with E-state index in [4.69, 9.17) is 5.14 Å². The molecule has 0 spiro atoms. The number of hydrogen-bond donors (Lipinski definition) is 1. The number of rotatable bonds is 3. The molecular weight excluding hydrogens is 236 g/mol. The van der Waals surface area contributed by atoms with Crippen LogP contribution in [0, 0.1) is 11.3 Å². The predicted octanol–water partition coefficient (Wildman–Crippen LogP) is 0.929. The summed E-state index contributed by atoms with van der Waals surface area (Å²) in [5.74, 6) is 0.964. The van der Waals surface area contributed by atoms with Crippen LogP contribution >= 0.6 is 0 Å². The zero-order valence-electron chi connectivity index (χ0n) is 10.3. The number of hydrogen-bond acceptors (Lipinski definition) is 3. The van der Waals surface area contributed by atoms with Gasteiger partial charge in [-0.05, 0) is 56.4 Å². The van der Waals surface area contributed by atoms with E-state index in [1.54, 1.807) is 0 Å². The minimum atomic E-state index is -3.33. The summed E-state index contributed by atoms with van der Waals surface area (Å²) in [6, 6.07) is 0. The molecule has 17 heavy (non-hydrogen) atoms. The van der Waals surface area contributed by atoms with Crippen molar-refractivity contribution in [3.63, 3.8) is 0 Å². The highest BCUT2D eigenvalue weighted by Crippen LogP contribution is 2.54. The first-order valence-electron chi connectivity index (χ1n) is 6.71. The van der Waals surface area contributed by atoms with Gasteiger partial charge in [-0.2, -0.15) is 0 Å². The Bertz CT molecular complexity index is 399. The van der Waals surface area contributed by atoms with Crippen molar-refractivity contribution in [1.29, 1.82) is 0 Å². The minimum absolute atomic E-state index is 0.322. The molecule has 1 saturated heterocycles. The van der Waals surface area contributed by atoms with Gasteiger partial charge in [0.05, 0.1) is 5.25 Å². The van der Waals surface area contributed by atoms with Crippen LogP contribution < -0.4 is 5.14 Å². The van der Waals surface area contributed by atoms with Crippen LogP contribution in [0.5, 0.6) is 0 Å². The number of nitrogens with two attached hydrogens (primary N) is 1. The highest BCUT2D eigenvalue weighted by atomic mass is 32.2. The fraction of sp³-hybridized carbons (Fsp3) is 1.00. The van der Waals surface area contributed by atoms with Gasteiger partial charge in [0.1, 0.15) is 0 Å². The van der Waals surface area contributed by atoms with Gasteiger partial charge in [0, 0.05) is 13.1 Å². The first-order valence-corrected chi connectivity index (χ1v) is 8.32. The third kappa shape index (κ3) is 2.25. The Balaban J connectivity index is 1.61. The Morgan fingerprint density at radius 2 is 1.94 bits per heavy atom. The van der Waals surface area contributed by atoms with Crippen molar-refractivity contribution in [3.05, 3.63) is 0 Å². The molecule has 3 rings (SSSR count). The molecule has 0 aromatic carbocycles. The average molecular weight is 258 g/mol. The molecule has 0 aromatic heterocycles. The summed E-state index contributed by atoms with van der Waals surface area (Å²) in [6.07, 6.45) is 7.60. The molecule has 5 heteroatoms. The van der Waals surface area contributed by atoms with Gasteiger partial charge < -0.3 is 4.90 Å². The van der Waals surface area contributed by atoms with Crippen molar-refractivity contribution in [2.75, 3.05) is 19.6 Å². The van der Waals surface area contributed by atoms with Crippen molar-refractivity contribution in [2.45, 2.75) is 43.8 Å². The first-order chi connectivity index (χ1) is 7.97. The van der Waals surface area contributed by atoms with Gasteiger partial charge in [0.2, 0.25) is 10.0 Å². The molecule has 0 aromatic rings. The zero-order valence-corrected chi connectivity index (χ0v) is 11.1. The lowest BCUT2D eigenvalue weighted by Gasteiger charge is -2.31. The molecule has 98 valence electrons. The van der Waals surface area contributed by atoms with Gasteiger partial charge in [-0.1, -0.05) is 0 Å². The van der Waals surface area contributed by atoms with Gasteiger partial charge in [-0.15, -0.1) is 0 Å². The number of nitrogens with zero attached hydrogens (tertiary/aromatic N) is 1. The predicted molar refractivity (Wildman–Crippen MR) is 67.0 cm³/mol.